The molecule has 1 atom stereocenters. The highest BCUT2D eigenvalue weighted by atomic mass is 19.1. The number of hydrogen-bond acceptors (Lipinski definition) is 5. The molecule has 4 heterocycles. The van der Waals surface area contributed by atoms with Gasteiger partial charge in [0.05, 0.1) is 5.69 Å². The molecular formula is C20H20FN5O. The number of ether oxygens (including phenoxy) is 1. The van der Waals surface area contributed by atoms with Crippen molar-refractivity contribution in [2.75, 3.05) is 25.0 Å². The average Bonchev–Trinajstić information content (AvgIpc) is 2.70. The number of hydrogen-bond donors (Lipinski definition) is 1. The number of piperidine rings is 3. The third-order valence-electron chi connectivity index (χ3n) is 5.07. The molecular weight excluding hydrogens is 345 g/mol. The number of nitrogens with zero attached hydrogens (tertiary/aromatic N) is 4. The highest BCUT2D eigenvalue weighted by Crippen LogP contribution is 2.29. The smallest absolute Gasteiger partial charge is 0.304 e. The number of aliphatic imine (C=N–C) groups is 1. The summed E-state index contributed by atoms with van der Waals surface area (Å²) in [5.74, 6) is 0.750. The SMILES string of the molecule is C#CN=C(Nc1cc(-c2ccc(F)cc2)ncn1)O[C@H]1CN2CCC1CC2. The minimum atomic E-state index is -0.291. The van der Waals surface area contributed by atoms with Crippen molar-refractivity contribution in [3.05, 3.63) is 42.5 Å². The van der Waals surface area contributed by atoms with Gasteiger partial charge in [-0.3, -0.25) is 10.2 Å². The van der Waals surface area contributed by atoms with Crippen molar-refractivity contribution in [2.24, 2.45) is 10.9 Å². The molecule has 0 aliphatic carbocycles. The summed E-state index contributed by atoms with van der Waals surface area (Å²) >= 11 is 0. The van der Waals surface area contributed by atoms with E-state index in [1.54, 1.807) is 18.2 Å². The number of fused-ring (bicyclic) bond motifs is 3. The van der Waals surface area contributed by atoms with Gasteiger partial charge in [0.1, 0.15) is 24.1 Å². The van der Waals surface area contributed by atoms with E-state index in [1.165, 1.54) is 18.5 Å². The van der Waals surface area contributed by atoms with Crippen molar-refractivity contribution in [2.45, 2.75) is 18.9 Å². The molecule has 7 heteroatoms. The van der Waals surface area contributed by atoms with Crippen molar-refractivity contribution in [1.29, 1.82) is 0 Å². The van der Waals surface area contributed by atoms with E-state index in [4.69, 9.17) is 11.2 Å². The van der Waals surface area contributed by atoms with Gasteiger partial charge < -0.3 is 4.74 Å². The summed E-state index contributed by atoms with van der Waals surface area (Å²) < 4.78 is 19.2. The van der Waals surface area contributed by atoms with Crippen LogP contribution in [0.4, 0.5) is 10.2 Å². The third-order valence-corrected chi connectivity index (χ3v) is 5.07. The molecule has 0 radical (unpaired) electrons. The van der Waals surface area contributed by atoms with Crippen molar-refractivity contribution in [3.63, 3.8) is 0 Å². The van der Waals surface area contributed by atoms with Crippen molar-refractivity contribution in [1.82, 2.24) is 14.9 Å². The molecule has 1 aromatic carbocycles. The number of anilines is 1. The van der Waals surface area contributed by atoms with E-state index in [0.29, 0.717) is 17.4 Å². The topological polar surface area (TPSA) is 62.6 Å². The van der Waals surface area contributed by atoms with Crippen LogP contribution in [0.3, 0.4) is 0 Å². The maximum atomic E-state index is 13.1. The molecule has 3 saturated heterocycles. The maximum Gasteiger partial charge on any atom is 0.304 e. The zero-order valence-electron chi connectivity index (χ0n) is 14.8. The lowest BCUT2D eigenvalue weighted by Gasteiger charge is -2.44. The first-order valence-electron chi connectivity index (χ1n) is 8.98. The minimum absolute atomic E-state index is 0.0745. The van der Waals surface area contributed by atoms with E-state index >= 15 is 0 Å². The molecule has 2 bridgehead atoms. The normalized spacial score (nSPS) is 24.3. The fourth-order valence-corrected chi connectivity index (χ4v) is 3.64. The Morgan fingerprint density at radius 2 is 2.04 bits per heavy atom. The number of amidine groups is 1. The van der Waals surface area contributed by atoms with Crippen LogP contribution < -0.4 is 5.32 Å². The van der Waals surface area contributed by atoms with Crippen LogP contribution in [0, 0.1) is 24.2 Å². The van der Waals surface area contributed by atoms with Gasteiger partial charge in [0.2, 0.25) is 0 Å². The zero-order chi connectivity index (χ0) is 18.6. The fourth-order valence-electron chi connectivity index (χ4n) is 3.64. The summed E-state index contributed by atoms with van der Waals surface area (Å²) in [6.45, 7) is 3.15. The first kappa shape index (κ1) is 17.4. The number of rotatable bonds is 3. The standard InChI is InChI=1S/C20H20FN5O/c1-2-22-20(27-18-12-26-9-7-15(18)8-10-26)25-19-11-17(23-13-24-19)14-3-5-16(21)6-4-14/h1,3-6,11,13,15,18H,7-10,12H2,(H,22,23,24,25)/t18-/m0/s1. The predicted octanol–water partition coefficient (Wildman–Crippen LogP) is 2.75. The molecule has 0 saturated carbocycles. The van der Waals surface area contributed by atoms with Crippen LogP contribution in [0.1, 0.15) is 12.8 Å². The monoisotopic (exact) mass is 365 g/mol. The van der Waals surface area contributed by atoms with E-state index in [2.05, 4.69) is 31.2 Å². The minimum Gasteiger partial charge on any atom is -0.459 e. The molecule has 0 spiro atoms. The molecule has 3 fully saturated rings. The number of halogens is 1. The van der Waals surface area contributed by atoms with Crippen molar-refractivity contribution in [3.8, 4) is 23.7 Å². The Labute approximate surface area is 157 Å². The second-order valence-electron chi connectivity index (χ2n) is 6.76. The molecule has 2 aromatic rings. The zero-order valence-corrected chi connectivity index (χ0v) is 14.8. The summed E-state index contributed by atoms with van der Waals surface area (Å²) in [5.41, 5.74) is 1.45. The van der Waals surface area contributed by atoms with Crippen LogP contribution >= 0.6 is 0 Å². The summed E-state index contributed by atoms with van der Waals surface area (Å²) in [6.07, 6.45) is 9.14. The van der Waals surface area contributed by atoms with Gasteiger partial charge in [0.25, 0.3) is 0 Å². The molecule has 6 nitrogen and oxygen atoms in total. The van der Waals surface area contributed by atoms with Gasteiger partial charge in [-0.15, -0.1) is 4.99 Å². The Balaban J connectivity index is 1.49. The Morgan fingerprint density at radius 3 is 2.70 bits per heavy atom. The maximum absolute atomic E-state index is 13.1. The third kappa shape index (κ3) is 4.07. The second kappa shape index (κ2) is 7.72. The lowest BCUT2D eigenvalue weighted by Crippen LogP contribution is -2.52. The molecule has 3 aliphatic rings. The quantitative estimate of drug-likeness (QED) is 0.515. The second-order valence-corrected chi connectivity index (χ2v) is 6.76. The lowest BCUT2D eigenvalue weighted by atomic mass is 9.86. The Kier molecular flexibility index (Phi) is 4.99. The number of aromatic nitrogens is 2. The number of terminal acetylenes is 1. The number of benzene rings is 1. The van der Waals surface area contributed by atoms with Gasteiger partial charge in [-0.1, -0.05) is 6.42 Å². The summed E-state index contributed by atoms with van der Waals surface area (Å²) in [5, 5.41) is 3.05. The van der Waals surface area contributed by atoms with Gasteiger partial charge in [-0.05, 0) is 56.1 Å². The predicted molar refractivity (Wildman–Crippen MR) is 101 cm³/mol. The lowest BCUT2D eigenvalue weighted by molar-refractivity contribution is -0.0145. The Bertz CT molecular complexity index is 869. The molecule has 5 rings (SSSR count). The Hall–Kier alpha value is -2.98. The van der Waals surface area contributed by atoms with E-state index in [-0.39, 0.29) is 17.9 Å². The highest BCUT2D eigenvalue weighted by Gasteiger charge is 2.36. The van der Waals surface area contributed by atoms with Crippen molar-refractivity contribution < 1.29 is 9.13 Å². The van der Waals surface area contributed by atoms with Crippen LogP contribution in [0.2, 0.25) is 0 Å². The van der Waals surface area contributed by atoms with E-state index in [9.17, 15) is 4.39 Å². The van der Waals surface area contributed by atoms with E-state index in [1.807, 2.05) is 0 Å². The molecule has 3 aliphatic heterocycles. The largest absolute Gasteiger partial charge is 0.459 e. The van der Waals surface area contributed by atoms with Crippen molar-refractivity contribution >= 4 is 11.8 Å². The molecule has 0 unspecified atom stereocenters. The van der Waals surface area contributed by atoms with Crippen LogP contribution in [0.5, 0.6) is 0 Å². The van der Waals surface area contributed by atoms with Crippen LogP contribution in [0.15, 0.2) is 41.7 Å². The van der Waals surface area contributed by atoms with E-state index in [0.717, 1.165) is 38.0 Å². The van der Waals surface area contributed by atoms with Gasteiger partial charge in [-0.25, -0.2) is 14.4 Å². The number of nitrogens with one attached hydrogen (secondary N) is 1. The van der Waals surface area contributed by atoms with Crippen LogP contribution in [-0.4, -0.2) is 46.6 Å². The van der Waals surface area contributed by atoms with Gasteiger partial charge >= 0.3 is 6.02 Å². The first-order valence-corrected chi connectivity index (χ1v) is 8.98. The van der Waals surface area contributed by atoms with Gasteiger partial charge in [-0.2, -0.15) is 0 Å². The average molecular weight is 365 g/mol. The summed E-state index contributed by atoms with van der Waals surface area (Å²) in [4.78, 5) is 14.8. The molecule has 138 valence electrons. The summed E-state index contributed by atoms with van der Waals surface area (Å²) in [7, 11) is 0. The van der Waals surface area contributed by atoms with Gasteiger partial charge in [0.15, 0.2) is 0 Å². The van der Waals surface area contributed by atoms with E-state index < -0.39 is 0 Å². The highest BCUT2D eigenvalue weighted by molar-refractivity contribution is 5.89. The Morgan fingerprint density at radius 1 is 1.26 bits per heavy atom. The molecule has 27 heavy (non-hydrogen) atoms. The molecule has 1 N–H and O–H groups in total. The van der Waals surface area contributed by atoms with Crippen LogP contribution in [0.25, 0.3) is 11.3 Å². The summed E-state index contributed by atoms with van der Waals surface area (Å²) in [6, 6.07) is 10.4. The van der Waals surface area contributed by atoms with Gasteiger partial charge in [0, 0.05) is 24.2 Å². The molecule has 1 aromatic heterocycles. The van der Waals surface area contributed by atoms with Crippen LogP contribution in [-0.2, 0) is 4.74 Å². The fraction of sp³-hybridized carbons (Fsp3) is 0.350. The first-order chi connectivity index (χ1) is 13.2. The molecule has 0 amide bonds.